The van der Waals surface area contributed by atoms with Crippen molar-refractivity contribution in [2.75, 3.05) is 6.61 Å². The number of esters is 1. The molecule has 46 heavy (non-hydrogen) atoms. The summed E-state index contributed by atoms with van der Waals surface area (Å²) in [5.41, 5.74) is 11.5. The first-order chi connectivity index (χ1) is 21.9. The third kappa shape index (κ3) is 9.49. The smallest absolute Gasteiger partial charge is 0.302 e. The summed E-state index contributed by atoms with van der Waals surface area (Å²) in [4.78, 5) is 14.8. The van der Waals surface area contributed by atoms with Crippen LogP contribution in [0, 0.1) is 23.2 Å². The van der Waals surface area contributed by atoms with Gasteiger partial charge in [0.2, 0.25) is 12.2 Å². The molecule has 2 fully saturated rings. The number of hydrogen-bond acceptors (Lipinski definition) is 9. The SMILES string of the molecule is CC(=O)OCC1OC(OC(=N)C(Cl)(Cl)Cl)C(N=[N+]=[N-])[C@@H](C)[C@@H]1O[C@@H]1OC(Cc2ccccc2)[C@@H](C)[C@@H](OCc2ccccc2)C1C. The lowest BCUT2D eigenvalue weighted by Crippen LogP contribution is -2.59. The van der Waals surface area contributed by atoms with Gasteiger partial charge >= 0.3 is 5.97 Å². The van der Waals surface area contributed by atoms with Gasteiger partial charge in [-0.1, -0.05) is 121 Å². The van der Waals surface area contributed by atoms with Crippen LogP contribution < -0.4 is 0 Å². The number of carbonyl (C=O) groups excluding carboxylic acids is 1. The summed E-state index contributed by atoms with van der Waals surface area (Å²) >= 11 is 17.5. The van der Waals surface area contributed by atoms with E-state index in [1.807, 2.05) is 55.5 Å². The second kappa shape index (κ2) is 16.5. The van der Waals surface area contributed by atoms with Crippen LogP contribution in [0.15, 0.2) is 65.8 Å². The molecule has 5 unspecified atom stereocenters. The standard InChI is InChI=1S/C32H39Cl3N4O7/c1-18-24(15-22-11-7-5-8-12-22)43-29(20(3)27(18)42-16-23-13-9-6-10-14-23)45-28-19(2)26(38-39-37)30(46-31(36)32(33,34)35)44-25(28)17-41-21(4)40/h5-14,18-20,24-30,36H,15-17H2,1-4H3/t18-,19-,20?,24?,25?,26?,27-,28+,29+,30?/m1/s1. The Labute approximate surface area is 283 Å². The molecular formula is C32H39Cl3N4O7. The number of nitrogens with zero attached hydrogens (tertiary/aromatic N) is 3. The van der Waals surface area contributed by atoms with Gasteiger partial charge in [0.1, 0.15) is 18.8 Å². The van der Waals surface area contributed by atoms with Gasteiger partial charge in [0, 0.05) is 23.7 Å². The first-order valence-corrected chi connectivity index (χ1v) is 16.2. The predicted molar refractivity (Wildman–Crippen MR) is 174 cm³/mol. The predicted octanol–water partition coefficient (Wildman–Crippen LogP) is 7.16. The van der Waals surface area contributed by atoms with E-state index in [9.17, 15) is 10.3 Å². The van der Waals surface area contributed by atoms with E-state index in [1.54, 1.807) is 6.92 Å². The number of benzene rings is 2. The van der Waals surface area contributed by atoms with Crippen molar-refractivity contribution in [1.29, 1.82) is 5.41 Å². The van der Waals surface area contributed by atoms with Gasteiger partial charge in [0.05, 0.1) is 24.9 Å². The zero-order valence-corrected chi connectivity index (χ0v) is 28.3. The van der Waals surface area contributed by atoms with E-state index in [-0.39, 0.29) is 30.7 Å². The minimum atomic E-state index is -2.18. The van der Waals surface area contributed by atoms with Crippen LogP contribution in [-0.4, -0.2) is 65.3 Å². The molecule has 0 aliphatic carbocycles. The number of alkyl halides is 3. The van der Waals surface area contributed by atoms with Gasteiger partial charge in [-0.25, -0.2) is 0 Å². The maximum absolute atomic E-state index is 11.8. The van der Waals surface area contributed by atoms with E-state index in [2.05, 4.69) is 29.1 Å². The summed E-state index contributed by atoms with van der Waals surface area (Å²) in [7, 11) is 0. The van der Waals surface area contributed by atoms with Crippen LogP contribution in [0.1, 0.15) is 38.8 Å². The Kier molecular flexibility index (Phi) is 13.0. The Hall–Kier alpha value is -2.60. The highest BCUT2D eigenvalue weighted by Gasteiger charge is 2.51. The van der Waals surface area contributed by atoms with E-state index in [4.69, 9.17) is 68.6 Å². The van der Waals surface area contributed by atoms with Crippen molar-refractivity contribution in [3.8, 4) is 0 Å². The van der Waals surface area contributed by atoms with Crippen molar-refractivity contribution in [3.63, 3.8) is 0 Å². The molecule has 10 atom stereocenters. The van der Waals surface area contributed by atoms with Crippen LogP contribution in [0.5, 0.6) is 0 Å². The molecule has 2 aromatic carbocycles. The molecule has 14 heteroatoms. The summed E-state index contributed by atoms with van der Waals surface area (Å²) in [6, 6.07) is 19.0. The van der Waals surface area contributed by atoms with Gasteiger partial charge < -0.3 is 28.4 Å². The van der Waals surface area contributed by atoms with Crippen molar-refractivity contribution in [2.45, 2.75) is 87.6 Å². The zero-order chi connectivity index (χ0) is 33.4. The Morgan fingerprint density at radius 3 is 2.11 bits per heavy atom. The number of rotatable bonds is 11. The molecule has 250 valence electrons. The highest BCUT2D eigenvalue weighted by molar-refractivity contribution is 6.76. The van der Waals surface area contributed by atoms with Crippen molar-refractivity contribution >= 4 is 46.7 Å². The van der Waals surface area contributed by atoms with Crippen molar-refractivity contribution in [3.05, 3.63) is 82.2 Å². The molecule has 2 aromatic rings. The maximum Gasteiger partial charge on any atom is 0.302 e. The third-order valence-electron chi connectivity index (χ3n) is 8.36. The molecule has 0 saturated carbocycles. The number of ether oxygens (including phenoxy) is 6. The molecule has 11 nitrogen and oxygen atoms in total. The summed E-state index contributed by atoms with van der Waals surface area (Å²) in [6.45, 7) is 7.37. The number of halogens is 3. The number of azide groups is 1. The molecule has 2 aliphatic heterocycles. The first kappa shape index (κ1) is 36.2. The molecule has 2 heterocycles. The van der Waals surface area contributed by atoms with Crippen LogP contribution in [0.25, 0.3) is 10.4 Å². The fourth-order valence-corrected chi connectivity index (χ4v) is 6.02. The monoisotopic (exact) mass is 696 g/mol. The van der Waals surface area contributed by atoms with Crippen LogP contribution in [0.3, 0.4) is 0 Å². The van der Waals surface area contributed by atoms with Gasteiger partial charge in [-0.15, -0.1) is 0 Å². The van der Waals surface area contributed by atoms with Gasteiger partial charge in [0.25, 0.3) is 3.79 Å². The Balaban J connectivity index is 1.62. The minimum absolute atomic E-state index is 0.0114. The number of hydrogen-bond donors (Lipinski definition) is 1. The highest BCUT2D eigenvalue weighted by atomic mass is 35.6. The van der Waals surface area contributed by atoms with E-state index < -0.39 is 52.4 Å². The second-order valence-corrected chi connectivity index (χ2v) is 13.9. The molecule has 4 rings (SSSR count). The fraction of sp³-hybridized carbons (Fsp3) is 0.562. The molecule has 2 saturated heterocycles. The summed E-state index contributed by atoms with van der Waals surface area (Å²) < 4.78 is 34.7. The molecule has 0 spiro atoms. The van der Waals surface area contributed by atoms with E-state index in [1.165, 1.54) is 6.92 Å². The van der Waals surface area contributed by atoms with Gasteiger partial charge in [-0.3, -0.25) is 10.2 Å². The van der Waals surface area contributed by atoms with Gasteiger partial charge in [0.15, 0.2) is 6.29 Å². The lowest BCUT2D eigenvalue weighted by molar-refractivity contribution is -0.321. The van der Waals surface area contributed by atoms with Crippen LogP contribution >= 0.6 is 34.8 Å². The summed E-state index contributed by atoms with van der Waals surface area (Å²) in [5, 5.41) is 11.9. The Bertz CT molecular complexity index is 1350. The molecule has 0 bridgehead atoms. The number of carbonyl (C=O) groups is 1. The quantitative estimate of drug-likeness (QED) is 0.0499. The van der Waals surface area contributed by atoms with Crippen LogP contribution in [0.4, 0.5) is 0 Å². The normalized spacial score (nSPS) is 31.4. The average Bonchev–Trinajstić information content (AvgIpc) is 3.02. The molecule has 0 aromatic heterocycles. The van der Waals surface area contributed by atoms with Gasteiger partial charge in [-0.05, 0) is 29.0 Å². The van der Waals surface area contributed by atoms with E-state index >= 15 is 0 Å². The Morgan fingerprint density at radius 1 is 0.913 bits per heavy atom. The first-order valence-electron chi connectivity index (χ1n) is 15.0. The van der Waals surface area contributed by atoms with Crippen LogP contribution in [-0.2, 0) is 46.2 Å². The van der Waals surface area contributed by atoms with E-state index in [0.717, 1.165) is 11.1 Å². The molecule has 2 aliphatic rings. The van der Waals surface area contributed by atoms with Crippen LogP contribution in [0.2, 0.25) is 0 Å². The summed E-state index contributed by atoms with van der Waals surface area (Å²) in [6.07, 6.45) is -3.69. The van der Waals surface area contributed by atoms with Gasteiger partial charge in [-0.2, -0.15) is 0 Å². The zero-order valence-electron chi connectivity index (χ0n) is 26.0. The largest absolute Gasteiger partial charge is 0.463 e. The second-order valence-electron chi connectivity index (χ2n) is 11.7. The summed E-state index contributed by atoms with van der Waals surface area (Å²) in [5.74, 6) is -2.07. The lowest BCUT2D eigenvalue weighted by atomic mass is 9.82. The van der Waals surface area contributed by atoms with Crippen molar-refractivity contribution in [2.24, 2.45) is 22.9 Å². The van der Waals surface area contributed by atoms with E-state index in [0.29, 0.717) is 13.0 Å². The van der Waals surface area contributed by atoms with Crippen molar-refractivity contribution < 1.29 is 33.2 Å². The molecular weight excluding hydrogens is 659 g/mol. The number of nitrogens with one attached hydrogen (secondary N) is 1. The third-order valence-corrected chi connectivity index (χ3v) is 8.87. The highest BCUT2D eigenvalue weighted by Crippen LogP contribution is 2.40. The fourth-order valence-electron chi connectivity index (χ4n) is 5.88. The molecule has 1 N–H and O–H groups in total. The Morgan fingerprint density at radius 2 is 1.52 bits per heavy atom. The maximum atomic E-state index is 11.8. The molecule has 0 amide bonds. The minimum Gasteiger partial charge on any atom is -0.463 e. The average molecular weight is 698 g/mol. The molecule has 0 radical (unpaired) electrons. The topological polar surface area (TPSA) is 145 Å². The lowest BCUT2D eigenvalue weighted by Gasteiger charge is -2.49. The van der Waals surface area contributed by atoms with Crippen molar-refractivity contribution in [1.82, 2.24) is 0 Å².